The number of aromatic nitrogens is 1. The van der Waals surface area contributed by atoms with Crippen molar-refractivity contribution >= 4 is 39.2 Å². The Morgan fingerprint density at radius 2 is 2.00 bits per heavy atom. The number of ether oxygens (including phenoxy) is 2. The summed E-state index contributed by atoms with van der Waals surface area (Å²) >= 11 is 4.95. The Balaban J connectivity index is 2.26. The predicted octanol–water partition coefficient (Wildman–Crippen LogP) is 4.95. The predicted molar refractivity (Wildman–Crippen MR) is 127 cm³/mol. The summed E-state index contributed by atoms with van der Waals surface area (Å²) in [5.74, 6) is -0.613. The van der Waals surface area contributed by atoms with Crippen LogP contribution in [0.3, 0.4) is 0 Å². The number of carbonyl (C=O) groups excluding carboxylic acids is 2. The van der Waals surface area contributed by atoms with Crippen molar-refractivity contribution in [2.75, 3.05) is 0 Å². The molecule has 2 rings (SSSR count). The van der Waals surface area contributed by atoms with Crippen molar-refractivity contribution in [1.29, 1.82) is 0 Å². The van der Waals surface area contributed by atoms with E-state index in [2.05, 4.69) is 15.9 Å². The lowest BCUT2D eigenvalue weighted by molar-refractivity contribution is -0.148. The highest BCUT2D eigenvalue weighted by Gasteiger charge is 2.20. The molecule has 0 amide bonds. The zero-order valence-corrected chi connectivity index (χ0v) is 20.9. The van der Waals surface area contributed by atoms with Crippen LogP contribution in [-0.4, -0.2) is 35.2 Å². The summed E-state index contributed by atoms with van der Waals surface area (Å²) < 4.78 is 12.0. The monoisotopic (exact) mass is 510 g/mol. The number of esters is 2. The van der Waals surface area contributed by atoms with Gasteiger partial charge in [0.15, 0.2) is 0 Å². The fourth-order valence-corrected chi connectivity index (χ4v) is 4.65. The van der Waals surface area contributed by atoms with E-state index in [-0.39, 0.29) is 30.5 Å². The molecule has 0 aromatic carbocycles. The van der Waals surface area contributed by atoms with E-state index < -0.39 is 12.1 Å². The van der Waals surface area contributed by atoms with Crippen molar-refractivity contribution in [2.45, 2.75) is 77.5 Å². The summed E-state index contributed by atoms with van der Waals surface area (Å²) in [5.41, 5.74) is 8.13. The van der Waals surface area contributed by atoms with Crippen LogP contribution in [-0.2, 0) is 25.5 Å². The molecule has 1 aromatic rings. The standard InChI is InChI=1S/C23H31BrN2O4S/c1-14-6-5-7-22(27)30-19(10-16(3)24)12-21-26-20(13-31-21)15(2)9-18(25)11-23(28)29-17(4)8-14/h5-7,10,13,15,17-19H,8-9,11-12,25H2,1-4H3/b7-5-,14-6+,16-10+/t15-,17-,18+,19+/m0/s1. The van der Waals surface area contributed by atoms with E-state index in [1.807, 2.05) is 45.2 Å². The molecule has 2 heterocycles. The van der Waals surface area contributed by atoms with E-state index in [0.29, 0.717) is 19.3 Å². The number of nitrogens with zero attached hydrogens (tertiary/aromatic N) is 1. The van der Waals surface area contributed by atoms with Crippen LogP contribution in [0.1, 0.15) is 63.6 Å². The van der Waals surface area contributed by atoms with Gasteiger partial charge in [-0.05, 0) is 37.8 Å². The van der Waals surface area contributed by atoms with Gasteiger partial charge in [0.2, 0.25) is 0 Å². The SMILES string of the molecule is C/C(Br)=C\[C@@H]1Cc2nc(cs2)[C@@H](C)C[C@@H](N)CC(=O)O[C@@H](C)C/C(C)=C/C=C\C(=O)O1. The number of cyclic esters (lactones) is 2. The van der Waals surface area contributed by atoms with Crippen LogP contribution in [0.15, 0.2) is 39.7 Å². The molecule has 6 nitrogen and oxygen atoms in total. The van der Waals surface area contributed by atoms with Gasteiger partial charge in [0.05, 0.1) is 17.1 Å². The average molecular weight is 511 g/mol. The number of fused-ring (bicyclic) bond motifs is 2. The maximum atomic E-state index is 12.3. The molecule has 1 aliphatic heterocycles. The zero-order valence-electron chi connectivity index (χ0n) is 18.5. The van der Waals surface area contributed by atoms with Crippen molar-refractivity contribution in [3.05, 3.63) is 50.4 Å². The van der Waals surface area contributed by atoms with Gasteiger partial charge in [-0.15, -0.1) is 11.3 Å². The van der Waals surface area contributed by atoms with Gasteiger partial charge in [0.1, 0.15) is 12.2 Å². The number of hydrogen-bond acceptors (Lipinski definition) is 7. The molecule has 170 valence electrons. The maximum absolute atomic E-state index is 12.3. The Bertz CT molecular complexity index is 858. The number of carbonyl (C=O) groups is 2. The molecule has 2 N–H and O–H groups in total. The Labute approximate surface area is 196 Å². The lowest BCUT2D eigenvalue weighted by Crippen LogP contribution is -2.28. The number of thiazole rings is 1. The molecule has 1 aliphatic rings. The molecular formula is C23H31BrN2O4S. The van der Waals surface area contributed by atoms with Gasteiger partial charge < -0.3 is 15.2 Å². The molecule has 8 heteroatoms. The molecule has 0 aliphatic carbocycles. The summed E-state index contributed by atoms with van der Waals surface area (Å²) in [6.07, 6.45) is 7.91. The molecular weight excluding hydrogens is 480 g/mol. The number of allylic oxidation sites excluding steroid dienone is 3. The summed E-state index contributed by atoms with van der Waals surface area (Å²) in [7, 11) is 0. The Morgan fingerprint density at radius 1 is 1.26 bits per heavy atom. The second kappa shape index (κ2) is 12.3. The lowest BCUT2D eigenvalue weighted by Gasteiger charge is -2.18. The fourth-order valence-electron chi connectivity index (χ4n) is 3.40. The Hall–Kier alpha value is -1.77. The summed E-state index contributed by atoms with van der Waals surface area (Å²) in [5, 5.41) is 2.88. The number of hydrogen-bond donors (Lipinski definition) is 1. The van der Waals surface area contributed by atoms with Crippen LogP contribution in [0.5, 0.6) is 0 Å². The summed E-state index contributed by atoms with van der Waals surface area (Å²) in [6, 6.07) is -0.297. The first kappa shape index (κ1) is 25.5. The van der Waals surface area contributed by atoms with Crippen molar-refractivity contribution in [3.63, 3.8) is 0 Å². The highest BCUT2D eigenvalue weighted by atomic mass is 79.9. The molecule has 2 bridgehead atoms. The smallest absolute Gasteiger partial charge is 0.331 e. The van der Waals surface area contributed by atoms with E-state index in [9.17, 15) is 9.59 Å². The minimum absolute atomic E-state index is 0.106. The molecule has 0 saturated heterocycles. The molecule has 4 atom stereocenters. The quantitative estimate of drug-likeness (QED) is 0.537. The second-order valence-corrected chi connectivity index (χ2v) is 10.3. The van der Waals surface area contributed by atoms with Crippen molar-refractivity contribution < 1.29 is 19.1 Å². The number of rotatable bonds is 1. The van der Waals surface area contributed by atoms with Gasteiger partial charge in [-0.25, -0.2) is 9.78 Å². The first-order chi connectivity index (χ1) is 14.6. The summed E-state index contributed by atoms with van der Waals surface area (Å²) in [6.45, 7) is 7.72. The van der Waals surface area contributed by atoms with Crippen LogP contribution in [0.25, 0.3) is 0 Å². The molecule has 0 unspecified atom stereocenters. The first-order valence-electron chi connectivity index (χ1n) is 10.4. The molecule has 0 radical (unpaired) electrons. The van der Waals surface area contributed by atoms with Gasteiger partial charge >= 0.3 is 11.9 Å². The van der Waals surface area contributed by atoms with Crippen LogP contribution in [0.4, 0.5) is 0 Å². The van der Waals surface area contributed by atoms with Gasteiger partial charge in [-0.1, -0.05) is 40.6 Å². The van der Waals surface area contributed by atoms with Crippen molar-refractivity contribution in [1.82, 2.24) is 4.98 Å². The normalized spacial score (nSPS) is 30.1. The van der Waals surface area contributed by atoms with Gasteiger partial charge in [-0.3, -0.25) is 4.79 Å². The van der Waals surface area contributed by atoms with E-state index in [1.54, 1.807) is 6.08 Å². The number of nitrogens with two attached hydrogens (primary N) is 1. The van der Waals surface area contributed by atoms with E-state index in [4.69, 9.17) is 20.2 Å². The zero-order chi connectivity index (χ0) is 23.0. The van der Waals surface area contributed by atoms with E-state index in [0.717, 1.165) is 20.8 Å². The van der Waals surface area contributed by atoms with Gasteiger partial charge in [0, 0.05) is 36.3 Å². The lowest BCUT2D eigenvalue weighted by atomic mass is 9.98. The molecule has 31 heavy (non-hydrogen) atoms. The van der Waals surface area contributed by atoms with Crippen LogP contribution >= 0.6 is 27.3 Å². The Morgan fingerprint density at radius 3 is 2.71 bits per heavy atom. The first-order valence-corrected chi connectivity index (χ1v) is 12.1. The second-order valence-electron chi connectivity index (χ2n) is 8.08. The van der Waals surface area contributed by atoms with Crippen molar-refractivity contribution in [3.8, 4) is 0 Å². The highest BCUT2D eigenvalue weighted by molar-refractivity contribution is 9.11. The van der Waals surface area contributed by atoms with E-state index in [1.165, 1.54) is 17.4 Å². The van der Waals surface area contributed by atoms with Crippen LogP contribution in [0, 0.1) is 0 Å². The number of halogens is 1. The average Bonchev–Trinajstić information content (AvgIpc) is 3.08. The molecule has 0 saturated carbocycles. The molecule has 0 spiro atoms. The third-order valence-corrected chi connectivity index (χ3v) is 5.93. The summed E-state index contributed by atoms with van der Waals surface area (Å²) in [4.78, 5) is 29.2. The van der Waals surface area contributed by atoms with E-state index >= 15 is 0 Å². The third kappa shape index (κ3) is 9.49. The third-order valence-electron chi connectivity index (χ3n) is 4.77. The largest absolute Gasteiger partial charge is 0.462 e. The van der Waals surface area contributed by atoms with Gasteiger partial charge in [0.25, 0.3) is 0 Å². The fraction of sp³-hybridized carbons (Fsp3) is 0.522. The highest BCUT2D eigenvalue weighted by Crippen LogP contribution is 2.25. The minimum atomic E-state index is -0.425. The van der Waals surface area contributed by atoms with Crippen LogP contribution in [0.2, 0.25) is 0 Å². The topological polar surface area (TPSA) is 91.5 Å². The Kier molecular flexibility index (Phi) is 10.1. The van der Waals surface area contributed by atoms with Gasteiger partial charge in [-0.2, -0.15) is 0 Å². The maximum Gasteiger partial charge on any atom is 0.331 e. The molecule has 0 fully saturated rings. The van der Waals surface area contributed by atoms with Crippen molar-refractivity contribution in [2.24, 2.45) is 5.73 Å². The van der Waals surface area contributed by atoms with Crippen LogP contribution < -0.4 is 5.73 Å². The molecule has 1 aromatic heterocycles. The minimum Gasteiger partial charge on any atom is -0.462 e.